The third-order valence-electron chi connectivity index (χ3n) is 7.94. The first-order chi connectivity index (χ1) is 24.3. The first kappa shape index (κ1) is 43.2. The smallest absolute Gasteiger partial charge is 0.417 e. The molecule has 1 fully saturated rings. The van der Waals surface area contributed by atoms with E-state index in [1.165, 1.54) is 30.8 Å². The van der Waals surface area contributed by atoms with Crippen molar-refractivity contribution in [2.75, 3.05) is 37.7 Å². The third-order valence-corrected chi connectivity index (χ3v) is 7.94. The molecular weight excluding hydrogens is 701 g/mol. The first-order valence-electron chi connectivity index (χ1n) is 15.9. The number of carbonyl (C=O) groups excluding carboxylic acids is 1. The van der Waals surface area contributed by atoms with Crippen molar-refractivity contribution in [2.24, 2.45) is 7.05 Å². The number of aliphatic carboxylic acids is 1. The van der Waals surface area contributed by atoms with Crippen LogP contribution in [0.4, 0.5) is 36.4 Å². The number of hydrogen-bond donors (Lipinski definition) is 2. The van der Waals surface area contributed by atoms with E-state index in [-0.39, 0.29) is 29.2 Å². The summed E-state index contributed by atoms with van der Waals surface area (Å²) in [6, 6.07) is 11.5. The van der Waals surface area contributed by atoms with Gasteiger partial charge in [0, 0.05) is 48.7 Å². The Kier molecular flexibility index (Phi) is 16.3. The van der Waals surface area contributed by atoms with Crippen LogP contribution in [0.2, 0.25) is 0 Å². The summed E-state index contributed by atoms with van der Waals surface area (Å²) in [5.74, 6) is -0.782. The second-order valence-corrected chi connectivity index (χ2v) is 11.8. The van der Waals surface area contributed by atoms with Crippen LogP contribution in [-0.2, 0) is 27.5 Å². The van der Waals surface area contributed by atoms with E-state index >= 15 is 0 Å². The molecule has 284 valence electrons. The Labute approximate surface area is 296 Å². The highest BCUT2D eigenvalue weighted by Gasteiger charge is 2.36. The van der Waals surface area contributed by atoms with Gasteiger partial charge in [-0.05, 0) is 67.6 Å². The van der Waals surface area contributed by atoms with Crippen LogP contribution >= 0.6 is 0 Å². The molecule has 0 bridgehead atoms. The number of halogens is 7. The zero-order chi connectivity index (χ0) is 39.3. The van der Waals surface area contributed by atoms with E-state index in [0.29, 0.717) is 17.8 Å². The number of pyridine rings is 2. The SMILES string of the molecule is Cc1c(F)cc(N2CCOCC2)cc1C(C)C.Cc1ccc(-c2c(C(F)(F)F)cc(C)n(C)c2=O)c2ncccc12.FC(F)F.O=CNCC(=O)O. The van der Waals surface area contributed by atoms with Gasteiger partial charge in [-0.2, -0.15) is 26.3 Å². The molecular formula is C36H41F7N4O5. The monoisotopic (exact) mass is 742 g/mol. The number of anilines is 1. The van der Waals surface area contributed by atoms with Gasteiger partial charge < -0.3 is 24.6 Å². The van der Waals surface area contributed by atoms with Crippen LogP contribution in [0.5, 0.6) is 0 Å². The average Bonchev–Trinajstić information content (AvgIpc) is 3.08. The second kappa shape index (κ2) is 19.6. The van der Waals surface area contributed by atoms with E-state index in [1.807, 2.05) is 19.2 Å². The molecule has 52 heavy (non-hydrogen) atoms. The fourth-order valence-corrected chi connectivity index (χ4v) is 5.24. The largest absolute Gasteiger partial charge is 0.480 e. The zero-order valence-electron chi connectivity index (χ0n) is 29.5. The minimum absolute atomic E-state index is 0.0994. The van der Waals surface area contributed by atoms with Gasteiger partial charge in [0.05, 0.1) is 29.9 Å². The molecule has 0 aliphatic carbocycles. The maximum Gasteiger partial charge on any atom is 0.417 e. The molecule has 1 aliphatic heterocycles. The lowest BCUT2D eigenvalue weighted by Gasteiger charge is -2.30. The number of carboxylic acids is 1. The van der Waals surface area contributed by atoms with Crippen molar-refractivity contribution in [3.63, 3.8) is 0 Å². The predicted octanol–water partition coefficient (Wildman–Crippen LogP) is 7.33. The van der Waals surface area contributed by atoms with E-state index in [2.05, 4.69) is 29.8 Å². The third kappa shape index (κ3) is 12.1. The number of aromatic nitrogens is 2. The molecule has 0 radical (unpaired) electrons. The summed E-state index contributed by atoms with van der Waals surface area (Å²) in [6.45, 7) is 8.57. The number of carbonyl (C=O) groups is 2. The topological polar surface area (TPSA) is 114 Å². The van der Waals surface area contributed by atoms with Gasteiger partial charge in [0.15, 0.2) is 0 Å². The Morgan fingerprint density at radius 1 is 1.06 bits per heavy atom. The van der Waals surface area contributed by atoms with Gasteiger partial charge in [0.25, 0.3) is 5.56 Å². The maximum atomic E-state index is 13.9. The number of fused-ring (bicyclic) bond motifs is 1. The number of ether oxygens (including phenoxy) is 1. The number of rotatable bonds is 6. The number of nitrogens with zero attached hydrogens (tertiary/aromatic N) is 3. The number of carboxylic acid groups (broad SMARTS) is 1. The average molecular weight is 743 g/mol. The quantitative estimate of drug-likeness (QED) is 0.157. The summed E-state index contributed by atoms with van der Waals surface area (Å²) < 4.78 is 90.0. The molecule has 9 nitrogen and oxygen atoms in total. The lowest BCUT2D eigenvalue weighted by molar-refractivity contribution is -0.137. The molecule has 2 N–H and O–H groups in total. The predicted molar refractivity (Wildman–Crippen MR) is 184 cm³/mol. The van der Waals surface area contributed by atoms with E-state index < -0.39 is 29.9 Å². The highest BCUT2D eigenvalue weighted by molar-refractivity contribution is 5.96. The van der Waals surface area contributed by atoms with Crippen LogP contribution in [0, 0.1) is 26.6 Å². The maximum absolute atomic E-state index is 13.9. The van der Waals surface area contributed by atoms with Gasteiger partial charge in [0.1, 0.15) is 12.4 Å². The molecule has 2 aromatic heterocycles. The molecule has 2 aromatic carbocycles. The van der Waals surface area contributed by atoms with Crippen LogP contribution in [0.15, 0.2) is 53.5 Å². The summed E-state index contributed by atoms with van der Waals surface area (Å²) in [4.78, 5) is 37.9. The molecule has 16 heteroatoms. The van der Waals surface area contributed by atoms with E-state index in [0.717, 1.165) is 60.1 Å². The molecule has 3 heterocycles. The standard InChI is InChI=1S/C18H15F3N2O.C14H20FNO.C3H5NO3.CHF3/c1-10-6-7-13(16-12(10)5-4-8-22-16)15-14(18(19,20)21)9-11(2)23(3)17(15)24;1-10(2)13-8-12(9-14(15)11(13)3)16-4-6-17-7-5-16;5-2-4-1-3(6)7;2-1(3)4/h4-9H,1-3H3;8-10H,4-7H2,1-3H3;2H,1H2,(H,4,5)(H,6,7);1H. The summed E-state index contributed by atoms with van der Waals surface area (Å²) in [5, 5.41) is 10.5. The molecule has 5 rings (SSSR count). The lowest BCUT2D eigenvalue weighted by atomic mass is 9.95. The van der Waals surface area contributed by atoms with Gasteiger partial charge >= 0.3 is 18.8 Å². The van der Waals surface area contributed by atoms with Gasteiger partial charge in [-0.3, -0.25) is 19.4 Å². The molecule has 0 spiro atoms. The molecule has 0 unspecified atom stereocenters. The van der Waals surface area contributed by atoms with Crippen molar-refractivity contribution in [1.82, 2.24) is 14.9 Å². The number of benzene rings is 2. The van der Waals surface area contributed by atoms with E-state index in [1.54, 1.807) is 24.3 Å². The zero-order valence-corrected chi connectivity index (χ0v) is 29.5. The van der Waals surface area contributed by atoms with Crippen molar-refractivity contribution in [1.29, 1.82) is 0 Å². The number of alkyl halides is 6. The van der Waals surface area contributed by atoms with E-state index in [9.17, 15) is 45.1 Å². The first-order valence-corrected chi connectivity index (χ1v) is 15.9. The molecule has 1 aliphatic rings. The number of amides is 1. The molecule has 1 saturated heterocycles. The summed E-state index contributed by atoms with van der Waals surface area (Å²) in [5.41, 5.74) is 2.62. The van der Waals surface area contributed by atoms with Crippen molar-refractivity contribution in [2.45, 2.75) is 53.4 Å². The molecule has 0 atom stereocenters. The number of hydrogen-bond acceptors (Lipinski definition) is 6. The molecule has 4 aromatic rings. The normalized spacial score (nSPS) is 12.6. The van der Waals surface area contributed by atoms with Crippen LogP contribution < -0.4 is 15.8 Å². The fourth-order valence-electron chi connectivity index (χ4n) is 5.24. The lowest BCUT2D eigenvalue weighted by Crippen LogP contribution is -2.36. The van der Waals surface area contributed by atoms with Crippen LogP contribution in [-0.4, -0.2) is 66.6 Å². The summed E-state index contributed by atoms with van der Waals surface area (Å²) in [6.07, 6.45) is -2.77. The van der Waals surface area contributed by atoms with Gasteiger partial charge in [-0.1, -0.05) is 32.0 Å². The van der Waals surface area contributed by atoms with Gasteiger partial charge in [-0.15, -0.1) is 0 Å². The van der Waals surface area contributed by atoms with E-state index in [4.69, 9.17) is 9.84 Å². The van der Waals surface area contributed by atoms with Crippen LogP contribution in [0.1, 0.15) is 47.7 Å². The van der Waals surface area contributed by atoms with Crippen molar-refractivity contribution < 1.29 is 50.2 Å². The van der Waals surface area contributed by atoms with Crippen molar-refractivity contribution in [3.8, 4) is 11.1 Å². The fraction of sp³-hybridized carbons (Fsp3) is 0.389. The minimum atomic E-state index is -4.63. The Morgan fingerprint density at radius 3 is 2.19 bits per heavy atom. The Balaban J connectivity index is 0.000000290. The Hall–Kier alpha value is -4.99. The summed E-state index contributed by atoms with van der Waals surface area (Å²) in [7, 11) is 1.46. The summed E-state index contributed by atoms with van der Waals surface area (Å²) >= 11 is 0. The molecule has 0 saturated carbocycles. The minimum Gasteiger partial charge on any atom is -0.480 e. The highest BCUT2D eigenvalue weighted by Crippen LogP contribution is 2.38. The van der Waals surface area contributed by atoms with Crippen molar-refractivity contribution >= 4 is 29.0 Å². The van der Waals surface area contributed by atoms with Crippen LogP contribution in [0.3, 0.4) is 0 Å². The highest BCUT2D eigenvalue weighted by atomic mass is 19.4. The second-order valence-electron chi connectivity index (χ2n) is 11.8. The number of morpholine rings is 1. The molecule has 1 amide bonds. The number of nitrogens with one attached hydrogen (secondary N) is 1. The number of aryl methyl sites for hydroxylation is 2. The Bertz CT molecular complexity index is 1870. The Morgan fingerprint density at radius 2 is 1.67 bits per heavy atom. The van der Waals surface area contributed by atoms with Crippen molar-refractivity contribution in [3.05, 3.63) is 92.8 Å². The van der Waals surface area contributed by atoms with Crippen LogP contribution in [0.25, 0.3) is 22.0 Å². The van der Waals surface area contributed by atoms with Gasteiger partial charge in [0.2, 0.25) is 6.41 Å². The van der Waals surface area contributed by atoms with Gasteiger partial charge in [-0.25, -0.2) is 4.39 Å².